The maximum Gasteiger partial charge on any atom is 0.416 e. The summed E-state index contributed by atoms with van der Waals surface area (Å²) in [5.74, 6) is 0. The molecule has 17 heavy (non-hydrogen) atoms. The van der Waals surface area contributed by atoms with Crippen LogP contribution in [0.2, 0.25) is 0 Å². The molecule has 0 saturated carbocycles. The predicted molar refractivity (Wildman–Crippen MR) is 63.7 cm³/mol. The standard InChI is InChI=1S/C10H6BrF3N2S/c11-7-2-1-6(10(12,13)14)5-8(7)16-4-3-15-9(16)17/h1-5H,(H,15,17). The quantitative estimate of drug-likeness (QED) is 0.775. The number of hydrogen-bond acceptors (Lipinski definition) is 1. The first-order valence-electron chi connectivity index (χ1n) is 4.53. The molecular weight excluding hydrogens is 317 g/mol. The van der Waals surface area contributed by atoms with E-state index in [4.69, 9.17) is 12.2 Å². The first-order valence-corrected chi connectivity index (χ1v) is 5.73. The van der Waals surface area contributed by atoms with E-state index in [0.717, 1.165) is 12.1 Å². The van der Waals surface area contributed by atoms with Gasteiger partial charge in [0.2, 0.25) is 0 Å². The van der Waals surface area contributed by atoms with Gasteiger partial charge in [0.25, 0.3) is 0 Å². The number of halogens is 4. The molecule has 1 aromatic carbocycles. The molecule has 0 atom stereocenters. The second-order valence-corrected chi connectivity index (χ2v) is 4.54. The van der Waals surface area contributed by atoms with Crippen LogP contribution in [0.5, 0.6) is 0 Å². The van der Waals surface area contributed by atoms with Crippen LogP contribution in [-0.4, -0.2) is 9.55 Å². The van der Waals surface area contributed by atoms with Gasteiger partial charge < -0.3 is 4.98 Å². The SMILES string of the molecule is FC(F)(F)c1ccc(Br)c(-n2cc[nH]c2=S)c1. The van der Waals surface area contributed by atoms with Crippen LogP contribution in [0.15, 0.2) is 35.1 Å². The van der Waals surface area contributed by atoms with Crippen LogP contribution in [0, 0.1) is 4.77 Å². The zero-order chi connectivity index (χ0) is 12.6. The summed E-state index contributed by atoms with van der Waals surface area (Å²) in [5, 5.41) is 0. The first-order chi connectivity index (χ1) is 7.89. The Morgan fingerprint density at radius 2 is 2.00 bits per heavy atom. The van der Waals surface area contributed by atoms with Gasteiger partial charge in [-0.1, -0.05) is 0 Å². The average Bonchev–Trinajstić information content (AvgIpc) is 2.63. The highest BCUT2D eigenvalue weighted by Gasteiger charge is 2.31. The minimum Gasteiger partial charge on any atom is -0.337 e. The van der Waals surface area contributed by atoms with E-state index in [1.54, 1.807) is 12.4 Å². The number of hydrogen-bond donors (Lipinski definition) is 1. The number of rotatable bonds is 1. The van der Waals surface area contributed by atoms with E-state index >= 15 is 0 Å². The lowest BCUT2D eigenvalue weighted by molar-refractivity contribution is -0.137. The fourth-order valence-electron chi connectivity index (χ4n) is 1.38. The Bertz CT molecular complexity index is 600. The Hall–Kier alpha value is -1.08. The molecule has 1 heterocycles. The molecule has 0 saturated heterocycles. The molecule has 0 aliphatic heterocycles. The molecule has 1 aromatic heterocycles. The summed E-state index contributed by atoms with van der Waals surface area (Å²) in [5.41, 5.74) is -0.357. The Morgan fingerprint density at radius 3 is 2.53 bits per heavy atom. The van der Waals surface area contributed by atoms with Crippen LogP contribution in [0.1, 0.15) is 5.56 Å². The molecule has 0 radical (unpaired) electrons. The second-order valence-electron chi connectivity index (χ2n) is 3.30. The van der Waals surface area contributed by atoms with Gasteiger partial charge in [-0.3, -0.25) is 4.57 Å². The molecule has 0 amide bonds. The van der Waals surface area contributed by atoms with Gasteiger partial charge in [0.1, 0.15) is 0 Å². The minimum absolute atomic E-state index is 0.338. The Labute approximate surface area is 108 Å². The van der Waals surface area contributed by atoms with Gasteiger partial charge in [0, 0.05) is 16.9 Å². The maximum absolute atomic E-state index is 12.6. The highest BCUT2D eigenvalue weighted by Crippen LogP contribution is 2.33. The molecule has 0 fully saturated rings. The Balaban J connectivity index is 2.63. The largest absolute Gasteiger partial charge is 0.416 e. The third-order valence-electron chi connectivity index (χ3n) is 2.18. The van der Waals surface area contributed by atoms with Crippen LogP contribution < -0.4 is 0 Å². The molecule has 2 rings (SSSR count). The van der Waals surface area contributed by atoms with E-state index in [0.29, 0.717) is 14.9 Å². The number of H-pyrrole nitrogens is 1. The van der Waals surface area contributed by atoms with Crippen molar-refractivity contribution in [3.8, 4) is 5.69 Å². The molecule has 0 aliphatic rings. The lowest BCUT2D eigenvalue weighted by Crippen LogP contribution is -2.06. The fourth-order valence-corrected chi connectivity index (χ4v) is 2.05. The minimum atomic E-state index is -4.37. The molecule has 0 unspecified atom stereocenters. The lowest BCUT2D eigenvalue weighted by atomic mass is 10.2. The smallest absolute Gasteiger partial charge is 0.337 e. The van der Waals surface area contributed by atoms with Crippen LogP contribution in [-0.2, 0) is 6.18 Å². The summed E-state index contributed by atoms with van der Waals surface area (Å²) in [4.78, 5) is 2.73. The van der Waals surface area contributed by atoms with Gasteiger partial charge >= 0.3 is 6.18 Å². The summed E-state index contributed by atoms with van der Waals surface area (Å²) in [6, 6.07) is 3.42. The molecule has 0 bridgehead atoms. The maximum atomic E-state index is 12.6. The van der Waals surface area contributed by atoms with Gasteiger partial charge in [0.15, 0.2) is 4.77 Å². The van der Waals surface area contributed by atoms with Crippen molar-refractivity contribution in [3.63, 3.8) is 0 Å². The second kappa shape index (κ2) is 4.30. The lowest BCUT2D eigenvalue weighted by Gasteiger charge is -2.11. The van der Waals surface area contributed by atoms with Gasteiger partial charge in [-0.25, -0.2) is 0 Å². The molecule has 2 aromatic rings. The first kappa shape index (κ1) is 12.4. The molecule has 0 aliphatic carbocycles. The monoisotopic (exact) mass is 322 g/mol. The van der Waals surface area contributed by atoms with Gasteiger partial charge in [0.05, 0.1) is 11.3 Å². The number of nitrogens with one attached hydrogen (secondary N) is 1. The van der Waals surface area contributed by atoms with Gasteiger partial charge in [-0.15, -0.1) is 0 Å². The molecule has 1 N–H and O–H groups in total. The number of alkyl halides is 3. The number of nitrogens with zero attached hydrogens (tertiary/aromatic N) is 1. The van der Waals surface area contributed by atoms with E-state index in [1.807, 2.05) is 0 Å². The van der Waals surface area contributed by atoms with Crippen molar-refractivity contribution >= 4 is 28.1 Å². The molecule has 2 nitrogen and oxygen atoms in total. The Morgan fingerprint density at radius 1 is 1.29 bits per heavy atom. The predicted octanol–water partition coefficient (Wildman–Crippen LogP) is 4.32. The van der Waals surface area contributed by atoms with Gasteiger partial charge in [-0.05, 0) is 46.3 Å². The molecular formula is C10H6BrF3N2S. The van der Waals surface area contributed by atoms with E-state index in [-0.39, 0.29) is 0 Å². The summed E-state index contributed by atoms with van der Waals surface area (Å²) in [7, 11) is 0. The summed E-state index contributed by atoms with van der Waals surface area (Å²) in [6.07, 6.45) is -1.23. The number of benzene rings is 1. The number of imidazole rings is 1. The van der Waals surface area contributed by atoms with Crippen LogP contribution in [0.25, 0.3) is 5.69 Å². The van der Waals surface area contributed by atoms with Crippen LogP contribution in [0.3, 0.4) is 0 Å². The van der Waals surface area contributed by atoms with Crippen molar-refractivity contribution in [3.05, 3.63) is 45.4 Å². The van der Waals surface area contributed by atoms with Crippen LogP contribution in [0.4, 0.5) is 13.2 Å². The topological polar surface area (TPSA) is 20.7 Å². The van der Waals surface area contributed by atoms with Crippen molar-refractivity contribution in [1.29, 1.82) is 0 Å². The van der Waals surface area contributed by atoms with Crippen molar-refractivity contribution in [2.24, 2.45) is 0 Å². The van der Waals surface area contributed by atoms with Gasteiger partial charge in [-0.2, -0.15) is 13.2 Å². The Kier molecular flexibility index (Phi) is 3.13. The highest BCUT2D eigenvalue weighted by atomic mass is 79.9. The van der Waals surface area contributed by atoms with E-state index in [1.165, 1.54) is 10.6 Å². The highest BCUT2D eigenvalue weighted by molar-refractivity contribution is 9.10. The number of aromatic amines is 1. The molecule has 90 valence electrons. The van der Waals surface area contributed by atoms with Crippen molar-refractivity contribution < 1.29 is 13.2 Å². The summed E-state index contributed by atoms with van der Waals surface area (Å²) >= 11 is 8.17. The van der Waals surface area contributed by atoms with E-state index in [2.05, 4.69) is 20.9 Å². The van der Waals surface area contributed by atoms with Crippen molar-refractivity contribution in [2.75, 3.05) is 0 Å². The molecule has 7 heteroatoms. The molecule has 0 spiro atoms. The third kappa shape index (κ3) is 2.44. The summed E-state index contributed by atoms with van der Waals surface area (Å²) < 4.78 is 40.1. The normalized spacial score (nSPS) is 11.8. The zero-order valence-electron chi connectivity index (χ0n) is 8.25. The third-order valence-corrected chi connectivity index (χ3v) is 3.17. The van der Waals surface area contributed by atoms with Crippen molar-refractivity contribution in [1.82, 2.24) is 9.55 Å². The fraction of sp³-hybridized carbons (Fsp3) is 0.100. The zero-order valence-corrected chi connectivity index (χ0v) is 10.7. The van der Waals surface area contributed by atoms with Crippen LogP contribution >= 0.6 is 28.1 Å². The summed E-state index contributed by atoms with van der Waals surface area (Å²) in [6.45, 7) is 0. The van der Waals surface area contributed by atoms with Crippen molar-refractivity contribution in [2.45, 2.75) is 6.18 Å². The van der Waals surface area contributed by atoms with E-state index in [9.17, 15) is 13.2 Å². The number of aromatic nitrogens is 2. The average molecular weight is 323 g/mol. The van der Waals surface area contributed by atoms with E-state index < -0.39 is 11.7 Å².